The van der Waals surface area contributed by atoms with Gasteiger partial charge in [0.1, 0.15) is 0 Å². The molecule has 2 N–H and O–H groups in total. The van der Waals surface area contributed by atoms with Crippen molar-refractivity contribution in [1.82, 2.24) is 24.9 Å². The standard InChI is InChI=1S/C19H22N6O2/c1-5-11(2)20-17(26)14-8-6-7-9-15(14)22-18(27)16-23-19-21-12(3)10-13(4)25(19)24-16/h6-11H,5H2,1-4H3,(H,20,26)(H,22,27). The summed E-state index contributed by atoms with van der Waals surface area (Å²) >= 11 is 0. The average Bonchev–Trinajstić information content (AvgIpc) is 3.06. The third kappa shape index (κ3) is 3.94. The SMILES string of the molecule is CCC(C)NC(=O)c1ccccc1NC(=O)c1nc2nc(C)cc(C)n2n1. The molecule has 8 nitrogen and oxygen atoms in total. The van der Waals surface area contributed by atoms with Gasteiger partial charge in [0.15, 0.2) is 0 Å². The lowest BCUT2D eigenvalue weighted by Crippen LogP contribution is -2.32. The Labute approximate surface area is 157 Å². The fraction of sp³-hybridized carbons (Fsp3) is 0.316. The minimum atomic E-state index is -0.499. The van der Waals surface area contributed by atoms with Gasteiger partial charge < -0.3 is 10.6 Å². The number of carbonyl (C=O) groups is 2. The van der Waals surface area contributed by atoms with Gasteiger partial charge in [0.25, 0.3) is 17.6 Å². The first-order chi connectivity index (χ1) is 12.9. The zero-order chi connectivity index (χ0) is 19.6. The molecule has 0 aliphatic heterocycles. The number of hydrogen-bond donors (Lipinski definition) is 2. The third-order valence-electron chi connectivity index (χ3n) is 4.23. The highest BCUT2D eigenvalue weighted by molar-refractivity contribution is 6.07. The molecule has 3 rings (SSSR count). The van der Waals surface area contributed by atoms with E-state index in [2.05, 4.69) is 25.7 Å². The average molecular weight is 366 g/mol. The van der Waals surface area contributed by atoms with Crippen molar-refractivity contribution in [2.75, 3.05) is 5.32 Å². The molecule has 0 saturated carbocycles. The van der Waals surface area contributed by atoms with Gasteiger partial charge in [-0.25, -0.2) is 9.50 Å². The van der Waals surface area contributed by atoms with Crippen LogP contribution in [0, 0.1) is 13.8 Å². The van der Waals surface area contributed by atoms with E-state index in [4.69, 9.17) is 0 Å². The van der Waals surface area contributed by atoms with Gasteiger partial charge >= 0.3 is 0 Å². The van der Waals surface area contributed by atoms with Gasteiger partial charge in [0.2, 0.25) is 5.82 Å². The Bertz CT molecular complexity index is 1010. The molecule has 0 radical (unpaired) electrons. The summed E-state index contributed by atoms with van der Waals surface area (Å²) in [6.45, 7) is 7.64. The first-order valence-corrected chi connectivity index (χ1v) is 8.81. The van der Waals surface area contributed by atoms with E-state index in [1.165, 1.54) is 4.52 Å². The molecule has 0 saturated heterocycles. The smallest absolute Gasteiger partial charge is 0.295 e. The van der Waals surface area contributed by atoms with Crippen molar-refractivity contribution in [2.24, 2.45) is 0 Å². The van der Waals surface area contributed by atoms with E-state index in [0.717, 1.165) is 17.8 Å². The van der Waals surface area contributed by atoms with Crippen molar-refractivity contribution in [1.29, 1.82) is 0 Å². The first-order valence-electron chi connectivity index (χ1n) is 8.81. The number of para-hydroxylation sites is 1. The van der Waals surface area contributed by atoms with Gasteiger partial charge in [-0.2, -0.15) is 4.98 Å². The lowest BCUT2D eigenvalue weighted by Gasteiger charge is -2.14. The van der Waals surface area contributed by atoms with Crippen molar-refractivity contribution in [2.45, 2.75) is 40.2 Å². The van der Waals surface area contributed by atoms with E-state index in [0.29, 0.717) is 17.0 Å². The maximum atomic E-state index is 12.6. The molecule has 0 spiro atoms. The normalized spacial score (nSPS) is 12.0. The molecule has 1 unspecified atom stereocenters. The molecular formula is C19H22N6O2. The van der Waals surface area contributed by atoms with E-state index in [-0.39, 0.29) is 17.8 Å². The summed E-state index contributed by atoms with van der Waals surface area (Å²) in [6, 6.07) is 8.74. The number of aromatic nitrogens is 4. The summed E-state index contributed by atoms with van der Waals surface area (Å²) in [7, 11) is 0. The van der Waals surface area contributed by atoms with E-state index in [9.17, 15) is 9.59 Å². The number of hydrogen-bond acceptors (Lipinski definition) is 5. The summed E-state index contributed by atoms with van der Waals surface area (Å²) in [6.07, 6.45) is 0.817. The topological polar surface area (TPSA) is 101 Å². The molecule has 1 aromatic carbocycles. The molecule has 140 valence electrons. The number of carbonyl (C=O) groups excluding carboxylic acids is 2. The van der Waals surface area contributed by atoms with Gasteiger partial charge in [-0.15, -0.1) is 5.10 Å². The molecule has 1 atom stereocenters. The molecule has 2 amide bonds. The van der Waals surface area contributed by atoms with Gasteiger partial charge in [-0.05, 0) is 45.4 Å². The number of rotatable bonds is 5. The lowest BCUT2D eigenvalue weighted by molar-refractivity contribution is 0.0940. The van der Waals surface area contributed by atoms with Gasteiger partial charge in [0, 0.05) is 17.4 Å². The molecular weight excluding hydrogens is 344 g/mol. The van der Waals surface area contributed by atoms with Crippen molar-refractivity contribution in [3.8, 4) is 0 Å². The largest absolute Gasteiger partial charge is 0.350 e. The Kier molecular flexibility index (Phi) is 5.16. The van der Waals surface area contributed by atoms with Gasteiger partial charge in [0.05, 0.1) is 11.3 Å². The number of fused-ring (bicyclic) bond motifs is 1. The van der Waals surface area contributed by atoms with E-state index in [1.807, 2.05) is 33.8 Å². The first kappa shape index (κ1) is 18.5. The second-order valence-corrected chi connectivity index (χ2v) is 6.47. The number of nitrogens with zero attached hydrogens (tertiary/aromatic N) is 4. The molecule has 0 bridgehead atoms. The zero-order valence-corrected chi connectivity index (χ0v) is 15.8. The van der Waals surface area contributed by atoms with E-state index >= 15 is 0 Å². The quantitative estimate of drug-likeness (QED) is 0.722. The maximum Gasteiger partial charge on any atom is 0.295 e. The summed E-state index contributed by atoms with van der Waals surface area (Å²) in [4.78, 5) is 33.6. The molecule has 3 aromatic rings. The predicted molar refractivity (Wildman–Crippen MR) is 102 cm³/mol. The Morgan fingerprint density at radius 1 is 1.15 bits per heavy atom. The highest BCUT2D eigenvalue weighted by Crippen LogP contribution is 2.16. The van der Waals surface area contributed by atoms with E-state index in [1.54, 1.807) is 24.3 Å². The van der Waals surface area contributed by atoms with Crippen molar-refractivity contribution < 1.29 is 9.59 Å². The van der Waals surface area contributed by atoms with Crippen LogP contribution in [0.2, 0.25) is 0 Å². The highest BCUT2D eigenvalue weighted by atomic mass is 16.2. The molecule has 8 heteroatoms. The second-order valence-electron chi connectivity index (χ2n) is 6.47. The number of benzene rings is 1. The monoisotopic (exact) mass is 366 g/mol. The molecule has 0 aliphatic rings. The minimum Gasteiger partial charge on any atom is -0.350 e. The van der Waals surface area contributed by atoms with Crippen LogP contribution in [0.5, 0.6) is 0 Å². The molecule has 2 heterocycles. The second kappa shape index (κ2) is 7.53. The maximum absolute atomic E-state index is 12.6. The number of anilines is 1. The summed E-state index contributed by atoms with van der Waals surface area (Å²) in [5, 5.41) is 9.84. The number of aryl methyl sites for hydroxylation is 2. The molecule has 2 aromatic heterocycles. The zero-order valence-electron chi connectivity index (χ0n) is 15.8. The molecule has 0 aliphatic carbocycles. The van der Waals surface area contributed by atoms with Crippen LogP contribution in [-0.4, -0.2) is 37.4 Å². The lowest BCUT2D eigenvalue weighted by atomic mass is 10.1. The van der Waals surface area contributed by atoms with E-state index < -0.39 is 5.91 Å². The predicted octanol–water partition coefficient (Wildman–Crippen LogP) is 2.52. The Hall–Kier alpha value is -3.29. The van der Waals surface area contributed by atoms with Crippen molar-refractivity contribution in [3.63, 3.8) is 0 Å². The summed E-state index contributed by atoms with van der Waals surface area (Å²) in [5.41, 5.74) is 2.42. The van der Waals surface area contributed by atoms with Crippen LogP contribution in [-0.2, 0) is 0 Å². The number of nitrogens with one attached hydrogen (secondary N) is 2. The highest BCUT2D eigenvalue weighted by Gasteiger charge is 2.19. The van der Waals surface area contributed by atoms with Gasteiger partial charge in [-0.1, -0.05) is 19.1 Å². The van der Waals surface area contributed by atoms with Crippen LogP contribution >= 0.6 is 0 Å². The molecule has 27 heavy (non-hydrogen) atoms. The van der Waals surface area contributed by atoms with Crippen LogP contribution in [0.3, 0.4) is 0 Å². The van der Waals surface area contributed by atoms with Crippen LogP contribution < -0.4 is 10.6 Å². The Morgan fingerprint density at radius 3 is 2.63 bits per heavy atom. The van der Waals surface area contributed by atoms with Crippen LogP contribution in [0.1, 0.15) is 52.6 Å². The van der Waals surface area contributed by atoms with Crippen LogP contribution in [0.15, 0.2) is 30.3 Å². The fourth-order valence-electron chi connectivity index (χ4n) is 2.63. The third-order valence-corrected chi connectivity index (χ3v) is 4.23. The molecule has 0 fully saturated rings. The Balaban J connectivity index is 1.86. The minimum absolute atomic E-state index is 0.00617. The van der Waals surface area contributed by atoms with Gasteiger partial charge in [-0.3, -0.25) is 9.59 Å². The van der Waals surface area contributed by atoms with Crippen molar-refractivity contribution in [3.05, 3.63) is 53.1 Å². The number of amides is 2. The van der Waals surface area contributed by atoms with Crippen LogP contribution in [0.4, 0.5) is 5.69 Å². The fourth-order valence-corrected chi connectivity index (χ4v) is 2.63. The summed E-state index contributed by atoms with van der Waals surface area (Å²) < 4.78 is 1.52. The van der Waals surface area contributed by atoms with Crippen molar-refractivity contribution >= 4 is 23.3 Å². The van der Waals surface area contributed by atoms with Crippen LogP contribution in [0.25, 0.3) is 5.78 Å². The summed E-state index contributed by atoms with van der Waals surface area (Å²) in [5.74, 6) is -0.383. The Morgan fingerprint density at radius 2 is 1.89 bits per heavy atom.